The average molecular weight is 290 g/mol. The minimum Gasteiger partial charge on any atom is -0.406 e. The molecule has 0 aliphatic rings. The molecule has 0 aliphatic carbocycles. The van der Waals surface area contributed by atoms with Gasteiger partial charge in [0.05, 0.1) is 0 Å². The summed E-state index contributed by atoms with van der Waals surface area (Å²) in [5.74, 6) is -0.195. The summed E-state index contributed by atoms with van der Waals surface area (Å²) >= 11 is 0. The number of hydrogen-bond donors (Lipinski definition) is 2. The van der Waals surface area contributed by atoms with Gasteiger partial charge in [-0.25, -0.2) is 0 Å². The highest BCUT2D eigenvalue weighted by atomic mass is 19.4. The van der Waals surface area contributed by atoms with Crippen LogP contribution in [0.3, 0.4) is 0 Å². The zero-order chi connectivity index (χ0) is 15.0. The molecule has 0 saturated carbocycles. The van der Waals surface area contributed by atoms with Crippen molar-refractivity contribution in [3.63, 3.8) is 0 Å². The van der Waals surface area contributed by atoms with Crippen molar-refractivity contribution in [2.75, 3.05) is 13.1 Å². The van der Waals surface area contributed by atoms with Gasteiger partial charge < -0.3 is 15.4 Å². The second-order valence-corrected chi connectivity index (χ2v) is 4.68. The van der Waals surface area contributed by atoms with E-state index >= 15 is 0 Å². The Morgan fingerprint density at radius 1 is 1.20 bits per heavy atom. The molecule has 1 rings (SSSR count). The summed E-state index contributed by atoms with van der Waals surface area (Å²) in [6.45, 7) is 6.62. The lowest BCUT2D eigenvalue weighted by atomic mass is 10.2. The molecule has 1 unspecified atom stereocenters. The fraction of sp³-hybridized carbons (Fsp3) is 0.571. The van der Waals surface area contributed by atoms with E-state index < -0.39 is 6.36 Å². The van der Waals surface area contributed by atoms with E-state index in [1.54, 1.807) is 12.1 Å². The van der Waals surface area contributed by atoms with E-state index in [1.807, 2.05) is 0 Å². The highest BCUT2D eigenvalue weighted by Gasteiger charge is 2.30. The first-order valence-corrected chi connectivity index (χ1v) is 6.69. The second kappa shape index (κ2) is 8.11. The number of halogens is 3. The van der Waals surface area contributed by atoms with Gasteiger partial charge >= 0.3 is 6.36 Å². The largest absolute Gasteiger partial charge is 0.573 e. The molecule has 0 spiro atoms. The Hall–Kier alpha value is -1.27. The van der Waals surface area contributed by atoms with Gasteiger partial charge in [-0.2, -0.15) is 0 Å². The molecule has 0 aromatic heterocycles. The van der Waals surface area contributed by atoms with Crippen molar-refractivity contribution in [3.8, 4) is 5.75 Å². The molecule has 0 heterocycles. The quantitative estimate of drug-likeness (QED) is 0.722. The fourth-order valence-corrected chi connectivity index (χ4v) is 1.67. The maximum atomic E-state index is 12.0. The minimum atomic E-state index is -4.64. The Balaban J connectivity index is 2.34. The molecule has 1 atom stereocenters. The first-order valence-electron chi connectivity index (χ1n) is 6.69. The highest BCUT2D eigenvalue weighted by molar-refractivity contribution is 5.27. The van der Waals surface area contributed by atoms with E-state index in [1.165, 1.54) is 12.1 Å². The van der Waals surface area contributed by atoms with Gasteiger partial charge in [0.15, 0.2) is 0 Å². The average Bonchev–Trinajstić information content (AvgIpc) is 2.36. The number of hydrogen-bond acceptors (Lipinski definition) is 3. The van der Waals surface area contributed by atoms with Crippen LogP contribution in [0.4, 0.5) is 13.2 Å². The zero-order valence-electron chi connectivity index (χ0n) is 11.8. The highest BCUT2D eigenvalue weighted by Crippen LogP contribution is 2.22. The van der Waals surface area contributed by atoms with Crippen molar-refractivity contribution in [2.45, 2.75) is 39.2 Å². The predicted molar refractivity (Wildman–Crippen MR) is 72.6 cm³/mol. The van der Waals surface area contributed by atoms with Crippen LogP contribution in [-0.4, -0.2) is 25.5 Å². The standard InChI is InChI=1S/C14H21F3N2O/c1-3-8-18-9-11(2)19-10-12-4-6-13(7-5-12)20-14(15,16)17/h4-7,11,18-19H,3,8-10H2,1-2H3. The van der Waals surface area contributed by atoms with Crippen molar-refractivity contribution in [1.82, 2.24) is 10.6 Å². The molecule has 2 N–H and O–H groups in total. The Labute approximate surface area is 117 Å². The van der Waals surface area contributed by atoms with Crippen molar-refractivity contribution in [2.24, 2.45) is 0 Å². The summed E-state index contributed by atoms with van der Waals surface area (Å²) < 4.78 is 39.8. The van der Waals surface area contributed by atoms with Crippen molar-refractivity contribution < 1.29 is 17.9 Å². The van der Waals surface area contributed by atoms with Crippen LogP contribution in [-0.2, 0) is 6.54 Å². The minimum absolute atomic E-state index is 0.195. The molecule has 1 aromatic carbocycles. The van der Waals surface area contributed by atoms with Gasteiger partial charge in [-0.3, -0.25) is 0 Å². The lowest BCUT2D eigenvalue weighted by molar-refractivity contribution is -0.274. The van der Waals surface area contributed by atoms with Gasteiger partial charge in [0.1, 0.15) is 5.75 Å². The van der Waals surface area contributed by atoms with Crippen LogP contribution in [0, 0.1) is 0 Å². The molecule has 0 aliphatic heterocycles. The van der Waals surface area contributed by atoms with E-state index in [2.05, 4.69) is 29.2 Å². The second-order valence-electron chi connectivity index (χ2n) is 4.68. The third-order valence-electron chi connectivity index (χ3n) is 2.69. The summed E-state index contributed by atoms with van der Waals surface area (Å²) in [4.78, 5) is 0. The molecule has 6 heteroatoms. The molecule has 3 nitrogen and oxygen atoms in total. The maximum Gasteiger partial charge on any atom is 0.573 e. The zero-order valence-corrected chi connectivity index (χ0v) is 11.8. The van der Waals surface area contributed by atoms with Crippen LogP contribution in [0.15, 0.2) is 24.3 Å². The van der Waals surface area contributed by atoms with Crippen LogP contribution in [0.1, 0.15) is 25.8 Å². The molecule has 0 amide bonds. The van der Waals surface area contributed by atoms with Gasteiger partial charge in [-0.05, 0) is 37.6 Å². The van der Waals surface area contributed by atoms with Crippen LogP contribution in [0.25, 0.3) is 0 Å². The summed E-state index contributed by atoms with van der Waals surface area (Å²) in [7, 11) is 0. The molecular formula is C14H21F3N2O. The number of ether oxygens (including phenoxy) is 1. The number of nitrogens with one attached hydrogen (secondary N) is 2. The smallest absolute Gasteiger partial charge is 0.406 e. The summed E-state index contributed by atoms with van der Waals surface area (Å²) in [6.07, 6.45) is -3.55. The van der Waals surface area contributed by atoms with E-state index in [9.17, 15) is 13.2 Å². The van der Waals surface area contributed by atoms with Gasteiger partial charge in [0.2, 0.25) is 0 Å². The van der Waals surface area contributed by atoms with Crippen molar-refractivity contribution in [1.29, 1.82) is 0 Å². The number of alkyl halides is 3. The lowest BCUT2D eigenvalue weighted by Gasteiger charge is -2.15. The van der Waals surface area contributed by atoms with Crippen molar-refractivity contribution >= 4 is 0 Å². The van der Waals surface area contributed by atoms with E-state index in [4.69, 9.17) is 0 Å². The monoisotopic (exact) mass is 290 g/mol. The molecule has 0 saturated heterocycles. The van der Waals surface area contributed by atoms with Gasteiger partial charge in [-0.1, -0.05) is 19.1 Å². The summed E-state index contributed by atoms with van der Waals surface area (Å²) in [6, 6.07) is 6.20. The Morgan fingerprint density at radius 3 is 2.40 bits per heavy atom. The van der Waals surface area contributed by atoms with E-state index in [-0.39, 0.29) is 5.75 Å². The molecule has 20 heavy (non-hydrogen) atoms. The van der Waals surface area contributed by atoms with E-state index in [0.717, 1.165) is 25.1 Å². The normalized spacial score (nSPS) is 13.2. The summed E-state index contributed by atoms with van der Waals surface area (Å²) in [5, 5.41) is 6.60. The maximum absolute atomic E-state index is 12.0. The van der Waals surface area contributed by atoms with Crippen LogP contribution in [0.5, 0.6) is 5.75 Å². The Bertz CT molecular complexity index is 379. The number of rotatable bonds is 8. The Kier molecular flexibility index (Phi) is 6.81. The summed E-state index contributed by atoms with van der Waals surface area (Å²) in [5.41, 5.74) is 0.918. The third-order valence-corrected chi connectivity index (χ3v) is 2.69. The fourth-order valence-electron chi connectivity index (χ4n) is 1.67. The van der Waals surface area contributed by atoms with Gasteiger partial charge in [-0.15, -0.1) is 13.2 Å². The van der Waals surface area contributed by atoms with Crippen LogP contribution < -0.4 is 15.4 Å². The topological polar surface area (TPSA) is 33.3 Å². The van der Waals surface area contributed by atoms with Gasteiger partial charge in [0.25, 0.3) is 0 Å². The lowest BCUT2D eigenvalue weighted by Crippen LogP contribution is -2.36. The molecule has 114 valence electrons. The first-order chi connectivity index (χ1) is 9.40. The molecule has 1 aromatic rings. The van der Waals surface area contributed by atoms with E-state index in [0.29, 0.717) is 12.6 Å². The first kappa shape index (κ1) is 16.8. The predicted octanol–water partition coefficient (Wildman–Crippen LogP) is 3.06. The molecule has 0 radical (unpaired) electrons. The third kappa shape index (κ3) is 7.35. The van der Waals surface area contributed by atoms with Crippen LogP contribution >= 0.6 is 0 Å². The number of benzene rings is 1. The van der Waals surface area contributed by atoms with Crippen molar-refractivity contribution in [3.05, 3.63) is 29.8 Å². The molecule has 0 fully saturated rings. The Morgan fingerprint density at radius 2 is 1.85 bits per heavy atom. The SMILES string of the molecule is CCCNCC(C)NCc1ccc(OC(F)(F)F)cc1. The van der Waals surface area contributed by atoms with Crippen LogP contribution in [0.2, 0.25) is 0 Å². The van der Waals surface area contributed by atoms with Gasteiger partial charge in [0, 0.05) is 19.1 Å². The molecule has 0 bridgehead atoms. The molecular weight excluding hydrogens is 269 g/mol.